The lowest BCUT2D eigenvalue weighted by Crippen LogP contribution is -2.10. The second-order valence-corrected chi connectivity index (χ2v) is 7.70. The summed E-state index contributed by atoms with van der Waals surface area (Å²) in [5.41, 5.74) is 0.634. The highest BCUT2D eigenvalue weighted by atomic mass is 32.2. The van der Waals surface area contributed by atoms with Crippen molar-refractivity contribution in [1.29, 1.82) is 0 Å². The molecule has 0 unspecified atom stereocenters. The first-order chi connectivity index (χ1) is 12.2. The molecule has 9 heteroatoms. The lowest BCUT2D eigenvalue weighted by atomic mass is 10.1. The third-order valence-corrected chi connectivity index (χ3v) is 4.98. The zero-order chi connectivity index (χ0) is 19.5. The number of nitrogens with one attached hydrogen (secondary N) is 1. The first-order valence-corrected chi connectivity index (χ1v) is 9.53. The predicted molar refractivity (Wildman–Crippen MR) is 97.8 cm³/mol. The van der Waals surface area contributed by atoms with Gasteiger partial charge in [0.15, 0.2) is 9.84 Å². The van der Waals surface area contributed by atoms with Crippen LogP contribution in [0.4, 0.5) is 11.4 Å². The fourth-order valence-corrected chi connectivity index (χ4v) is 3.14. The van der Waals surface area contributed by atoms with E-state index in [0.29, 0.717) is 11.5 Å². The zero-order valence-corrected chi connectivity index (χ0v) is 15.7. The number of hydrogen-bond donors (Lipinski definition) is 1. The molecule has 0 aromatic heterocycles. The Hall–Kier alpha value is -2.81. The van der Waals surface area contributed by atoms with Crippen molar-refractivity contribution in [3.8, 4) is 11.5 Å². The molecule has 26 heavy (non-hydrogen) atoms. The Morgan fingerprint density at radius 2 is 1.81 bits per heavy atom. The van der Waals surface area contributed by atoms with Crippen molar-refractivity contribution < 1.29 is 22.8 Å². The number of sulfone groups is 1. The summed E-state index contributed by atoms with van der Waals surface area (Å²) in [5, 5.41) is 14.4. The second-order valence-electron chi connectivity index (χ2n) is 5.68. The monoisotopic (exact) mass is 380 g/mol. The molecule has 0 radical (unpaired) electrons. The molecular formula is C17H20N2O6S. The first-order valence-electron chi connectivity index (χ1n) is 7.64. The Morgan fingerprint density at radius 3 is 2.35 bits per heavy atom. The van der Waals surface area contributed by atoms with Gasteiger partial charge in [0.25, 0.3) is 5.69 Å². The maximum absolute atomic E-state index is 11.6. The van der Waals surface area contributed by atoms with E-state index in [4.69, 9.17) is 9.47 Å². The highest BCUT2D eigenvalue weighted by molar-refractivity contribution is 7.90. The van der Waals surface area contributed by atoms with Gasteiger partial charge < -0.3 is 14.8 Å². The van der Waals surface area contributed by atoms with E-state index in [1.165, 1.54) is 19.2 Å². The molecule has 0 amide bonds. The van der Waals surface area contributed by atoms with Gasteiger partial charge in [-0.05, 0) is 37.3 Å². The van der Waals surface area contributed by atoms with Gasteiger partial charge in [-0.2, -0.15) is 0 Å². The molecule has 0 aliphatic rings. The first kappa shape index (κ1) is 19.5. The fraction of sp³-hybridized carbons (Fsp3) is 0.294. The summed E-state index contributed by atoms with van der Waals surface area (Å²) in [6.45, 7) is 1.81. The molecule has 0 fully saturated rings. The van der Waals surface area contributed by atoms with Crippen LogP contribution in [0, 0.1) is 10.1 Å². The molecule has 2 aromatic rings. The van der Waals surface area contributed by atoms with E-state index in [0.717, 1.165) is 17.9 Å². The Morgan fingerprint density at radius 1 is 1.12 bits per heavy atom. The van der Waals surface area contributed by atoms with Crippen molar-refractivity contribution in [1.82, 2.24) is 0 Å². The molecule has 1 N–H and O–H groups in total. The highest BCUT2D eigenvalue weighted by Crippen LogP contribution is 2.34. The number of nitrogens with zero attached hydrogens (tertiary/aromatic N) is 1. The van der Waals surface area contributed by atoms with Gasteiger partial charge in [0.1, 0.15) is 17.2 Å². The van der Waals surface area contributed by atoms with E-state index in [9.17, 15) is 18.5 Å². The van der Waals surface area contributed by atoms with Gasteiger partial charge in [-0.25, -0.2) is 8.42 Å². The quantitative estimate of drug-likeness (QED) is 0.580. The standard InChI is InChI=1S/C17H20N2O6S/c1-11(14-9-12(24-2)5-8-17(14)25-3)18-15-7-6-13(26(4,22)23)10-16(15)19(20)21/h5-11,18H,1-4H3/t11-/m0/s1. The van der Waals surface area contributed by atoms with E-state index < -0.39 is 14.8 Å². The van der Waals surface area contributed by atoms with Crippen LogP contribution in [0.2, 0.25) is 0 Å². The Kier molecular flexibility index (Phi) is 5.71. The van der Waals surface area contributed by atoms with Crippen LogP contribution >= 0.6 is 0 Å². The summed E-state index contributed by atoms with van der Waals surface area (Å²) in [5.74, 6) is 1.22. The smallest absolute Gasteiger partial charge is 0.293 e. The molecule has 0 spiro atoms. The number of rotatable bonds is 7. The van der Waals surface area contributed by atoms with Crippen LogP contribution in [0.25, 0.3) is 0 Å². The van der Waals surface area contributed by atoms with E-state index in [2.05, 4.69) is 5.32 Å². The van der Waals surface area contributed by atoms with Gasteiger partial charge in [0, 0.05) is 17.9 Å². The number of methoxy groups -OCH3 is 2. The van der Waals surface area contributed by atoms with Crippen LogP contribution in [0.5, 0.6) is 11.5 Å². The van der Waals surface area contributed by atoms with Crippen LogP contribution in [-0.2, 0) is 9.84 Å². The summed E-state index contributed by atoms with van der Waals surface area (Å²) in [6, 6.07) is 8.67. The van der Waals surface area contributed by atoms with Gasteiger partial charge in [-0.1, -0.05) is 0 Å². The summed E-state index contributed by atoms with van der Waals surface area (Å²) in [7, 11) is -0.475. The minimum absolute atomic E-state index is 0.110. The lowest BCUT2D eigenvalue weighted by Gasteiger charge is -2.19. The summed E-state index contributed by atoms with van der Waals surface area (Å²) in [4.78, 5) is 10.6. The Balaban J connectivity index is 2.43. The molecule has 2 rings (SSSR count). The van der Waals surface area contributed by atoms with E-state index in [1.807, 2.05) is 6.92 Å². The summed E-state index contributed by atoms with van der Waals surface area (Å²) < 4.78 is 33.8. The molecule has 0 aliphatic heterocycles. The van der Waals surface area contributed by atoms with Crippen molar-refractivity contribution in [2.24, 2.45) is 0 Å². The number of nitro groups is 1. The summed E-state index contributed by atoms with van der Waals surface area (Å²) in [6.07, 6.45) is 1.00. The lowest BCUT2D eigenvalue weighted by molar-refractivity contribution is -0.384. The van der Waals surface area contributed by atoms with Crippen molar-refractivity contribution in [2.45, 2.75) is 17.9 Å². The van der Waals surface area contributed by atoms with Crippen LogP contribution in [0.15, 0.2) is 41.3 Å². The Labute approximate surface area is 151 Å². The minimum Gasteiger partial charge on any atom is -0.497 e. The molecular weight excluding hydrogens is 360 g/mol. The third-order valence-electron chi connectivity index (χ3n) is 3.87. The van der Waals surface area contributed by atoms with Gasteiger partial charge in [-0.15, -0.1) is 0 Å². The largest absolute Gasteiger partial charge is 0.497 e. The normalized spacial score (nSPS) is 12.3. The van der Waals surface area contributed by atoms with E-state index >= 15 is 0 Å². The molecule has 2 aromatic carbocycles. The number of benzene rings is 2. The van der Waals surface area contributed by atoms with Crippen molar-refractivity contribution in [2.75, 3.05) is 25.8 Å². The van der Waals surface area contributed by atoms with Crippen molar-refractivity contribution >= 4 is 21.2 Å². The van der Waals surface area contributed by atoms with Crippen molar-refractivity contribution in [3.05, 3.63) is 52.1 Å². The second kappa shape index (κ2) is 7.61. The molecule has 0 saturated carbocycles. The Bertz CT molecular complexity index is 927. The highest BCUT2D eigenvalue weighted by Gasteiger charge is 2.21. The predicted octanol–water partition coefficient (Wildman–Crippen LogP) is 3.19. The number of nitro benzene ring substituents is 1. The summed E-state index contributed by atoms with van der Waals surface area (Å²) >= 11 is 0. The van der Waals surface area contributed by atoms with E-state index in [-0.39, 0.29) is 22.3 Å². The third kappa shape index (κ3) is 4.23. The van der Waals surface area contributed by atoms with Crippen LogP contribution in [-0.4, -0.2) is 33.8 Å². The van der Waals surface area contributed by atoms with Crippen LogP contribution < -0.4 is 14.8 Å². The van der Waals surface area contributed by atoms with Gasteiger partial charge in [0.2, 0.25) is 0 Å². The number of anilines is 1. The SMILES string of the molecule is COc1ccc(OC)c([C@H](C)Nc2ccc(S(C)(=O)=O)cc2[N+](=O)[O-])c1. The topological polar surface area (TPSA) is 108 Å². The molecule has 1 atom stereocenters. The van der Waals surface area contributed by atoms with Crippen LogP contribution in [0.1, 0.15) is 18.5 Å². The molecule has 140 valence electrons. The van der Waals surface area contributed by atoms with Gasteiger partial charge in [-0.3, -0.25) is 10.1 Å². The molecule has 0 heterocycles. The molecule has 8 nitrogen and oxygen atoms in total. The van der Waals surface area contributed by atoms with Crippen molar-refractivity contribution in [3.63, 3.8) is 0 Å². The maximum atomic E-state index is 11.6. The minimum atomic E-state index is -3.54. The van der Waals surface area contributed by atoms with Gasteiger partial charge in [0.05, 0.1) is 30.1 Å². The number of hydrogen-bond acceptors (Lipinski definition) is 7. The van der Waals surface area contributed by atoms with Gasteiger partial charge >= 0.3 is 0 Å². The fourth-order valence-electron chi connectivity index (χ4n) is 2.50. The molecule has 0 aliphatic carbocycles. The molecule has 0 saturated heterocycles. The molecule has 0 bridgehead atoms. The van der Waals surface area contributed by atoms with E-state index in [1.54, 1.807) is 25.3 Å². The number of ether oxygens (including phenoxy) is 2. The zero-order valence-electron chi connectivity index (χ0n) is 14.8. The maximum Gasteiger partial charge on any atom is 0.293 e. The average Bonchev–Trinajstić information content (AvgIpc) is 2.60. The average molecular weight is 380 g/mol. The van der Waals surface area contributed by atoms with Crippen LogP contribution in [0.3, 0.4) is 0 Å².